The molecule has 0 aliphatic carbocycles. The molecule has 54 valence electrons. The summed E-state index contributed by atoms with van der Waals surface area (Å²) in [5.74, 6) is -1.44. The molecule has 0 saturated carbocycles. The second-order valence-electron chi connectivity index (χ2n) is 2.16. The van der Waals surface area contributed by atoms with Crippen molar-refractivity contribution in [2.24, 2.45) is 5.41 Å². The number of aliphatic hydroxyl groups excluding tert-OH is 2. The van der Waals surface area contributed by atoms with Crippen molar-refractivity contribution in [3.63, 3.8) is 0 Å². The van der Waals surface area contributed by atoms with Crippen LogP contribution in [0.3, 0.4) is 0 Å². The molecular formula is C5H9CsO4. The van der Waals surface area contributed by atoms with Crippen LogP contribution in [0.25, 0.3) is 0 Å². The van der Waals surface area contributed by atoms with Gasteiger partial charge in [0.15, 0.2) is 0 Å². The number of carboxylic acids is 1. The fourth-order valence-electron chi connectivity index (χ4n) is 0.179. The average molecular weight is 266 g/mol. The summed E-state index contributed by atoms with van der Waals surface area (Å²) in [6.07, 6.45) is 0. The molecule has 0 aromatic carbocycles. The van der Waals surface area contributed by atoms with Gasteiger partial charge < -0.3 is 20.1 Å². The number of aliphatic carboxylic acids is 1. The third-order valence-corrected chi connectivity index (χ3v) is 1.19. The Bertz CT molecular complexity index is 110. The van der Waals surface area contributed by atoms with Gasteiger partial charge in [-0.25, -0.2) is 0 Å². The van der Waals surface area contributed by atoms with E-state index in [1.807, 2.05) is 0 Å². The Morgan fingerprint density at radius 1 is 1.50 bits per heavy atom. The molecule has 0 unspecified atom stereocenters. The molecule has 5 heteroatoms. The number of hydrogen-bond donors (Lipinski definition) is 2. The number of aliphatic hydroxyl groups is 2. The van der Waals surface area contributed by atoms with Crippen molar-refractivity contribution < 1.29 is 89.0 Å². The van der Waals surface area contributed by atoms with Gasteiger partial charge in [0, 0.05) is 0 Å². The monoisotopic (exact) mass is 266 g/mol. The topological polar surface area (TPSA) is 80.6 Å². The zero-order valence-corrected chi connectivity index (χ0v) is 12.4. The Labute approximate surface area is 118 Å². The van der Waals surface area contributed by atoms with Gasteiger partial charge in [-0.15, -0.1) is 0 Å². The molecule has 0 aliphatic rings. The fraction of sp³-hybridized carbons (Fsp3) is 0.800. The standard InChI is InChI=1S/C5H10O4.Cs/c1-5(2-6,3-7)4(8)9;/h6-7H,2-3H2,1H3,(H,8,9);/q;+1/p-1. The number of hydrogen-bond acceptors (Lipinski definition) is 4. The van der Waals surface area contributed by atoms with Crippen LogP contribution in [0.1, 0.15) is 6.92 Å². The van der Waals surface area contributed by atoms with Crippen LogP contribution in [0.15, 0.2) is 0 Å². The maximum Gasteiger partial charge on any atom is 1.00 e. The first kappa shape index (κ1) is 14.0. The summed E-state index contributed by atoms with van der Waals surface area (Å²) >= 11 is 0. The van der Waals surface area contributed by atoms with E-state index in [1.54, 1.807) is 0 Å². The molecule has 0 heterocycles. The summed E-state index contributed by atoms with van der Waals surface area (Å²) in [4.78, 5) is 10.1. The van der Waals surface area contributed by atoms with Crippen molar-refractivity contribution in [2.75, 3.05) is 13.2 Å². The van der Waals surface area contributed by atoms with Crippen LogP contribution in [-0.2, 0) is 4.79 Å². The van der Waals surface area contributed by atoms with E-state index in [2.05, 4.69) is 0 Å². The van der Waals surface area contributed by atoms with Crippen molar-refractivity contribution >= 4 is 5.97 Å². The van der Waals surface area contributed by atoms with Crippen LogP contribution < -0.4 is 74.0 Å². The zero-order valence-electron chi connectivity index (χ0n) is 6.13. The molecule has 10 heavy (non-hydrogen) atoms. The van der Waals surface area contributed by atoms with Crippen molar-refractivity contribution in [1.82, 2.24) is 0 Å². The molecule has 0 bridgehead atoms. The summed E-state index contributed by atoms with van der Waals surface area (Å²) in [7, 11) is 0. The van der Waals surface area contributed by atoms with Crippen molar-refractivity contribution in [3.05, 3.63) is 0 Å². The molecular weight excluding hydrogens is 257 g/mol. The van der Waals surface area contributed by atoms with Gasteiger partial charge in [0.1, 0.15) is 0 Å². The van der Waals surface area contributed by atoms with Gasteiger partial charge in [-0.05, 0) is 6.92 Å². The van der Waals surface area contributed by atoms with Crippen molar-refractivity contribution in [2.45, 2.75) is 6.92 Å². The van der Waals surface area contributed by atoms with Crippen LogP contribution in [0, 0.1) is 5.41 Å². The van der Waals surface area contributed by atoms with E-state index in [4.69, 9.17) is 10.2 Å². The van der Waals surface area contributed by atoms with Crippen molar-refractivity contribution in [3.8, 4) is 0 Å². The largest absolute Gasteiger partial charge is 1.00 e. The second-order valence-corrected chi connectivity index (χ2v) is 2.16. The molecule has 0 saturated heterocycles. The van der Waals surface area contributed by atoms with Gasteiger partial charge >= 0.3 is 68.9 Å². The normalized spacial score (nSPS) is 10.3. The van der Waals surface area contributed by atoms with E-state index in [9.17, 15) is 9.90 Å². The predicted octanol–water partition coefficient (Wildman–Crippen LogP) is -5.27. The summed E-state index contributed by atoms with van der Waals surface area (Å²) in [6.45, 7) is -0.000000000000000666. The van der Waals surface area contributed by atoms with Gasteiger partial charge in [0.2, 0.25) is 0 Å². The third-order valence-electron chi connectivity index (χ3n) is 1.19. The van der Waals surface area contributed by atoms with E-state index in [-0.39, 0.29) is 68.9 Å². The van der Waals surface area contributed by atoms with E-state index in [0.717, 1.165) is 0 Å². The number of carboxylic acid groups (broad SMARTS) is 1. The van der Waals surface area contributed by atoms with Gasteiger partial charge in [0.25, 0.3) is 0 Å². The van der Waals surface area contributed by atoms with E-state index in [0.29, 0.717) is 0 Å². The van der Waals surface area contributed by atoms with Gasteiger partial charge in [-0.1, -0.05) is 0 Å². The second kappa shape index (κ2) is 6.01. The maximum absolute atomic E-state index is 10.1. The summed E-state index contributed by atoms with van der Waals surface area (Å²) < 4.78 is 0. The summed E-state index contributed by atoms with van der Waals surface area (Å²) in [5.41, 5.74) is -1.50. The SMILES string of the molecule is CC(CO)(CO)C(=O)[O-].[Cs+]. The molecule has 0 amide bonds. The Balaban J connectivity index is 0. The number of carbonyl (C=O) groups is 1. The molecule has 2 N–H and O–H groups in total. The minimum absolute atomic E-state index is 0. The molecule has 0 radical (unpaired) electrons. The smallest absolute Gasteiger partial charge is 0.549 e. The molecule has 0 atom stereocenters. The maximum atomic E-state index is 10.1. The quantitative estimate of drug-likeness (QED) is 0.535. The molecule has 0 aromatic heterocycles. The third kappa shape index (κ3) is 3.72. The molecule has 0 fully saturated rings. The number of rotatable bonds is 3. The fourth-order valence-corrected chi connectivity index (χ4v) is 0.179. The van der Waals surface area contributed by atoms with Crippen LogP contribution in [-0.4, -0.2) is 29.4 Å². The van der Waals surface area contributed by atoms with Crippen LogP contribution >= 0.6 is 0 Å². The summed E-state index contributed by atoms with van der Waals surface area (Å²) in [5, 5.41) is 26.8. The van der Waals surface area contributed by atoms with E-state index in [1.165, 1.54) is 6.92 Å². The molecule has 0 rings (SSSR count). The van der Waals surface area contributed by atoms with Gasteiger partial charge in [-0.2, -0.15) is 0 Å². The van der Waals surface area contributed by atoms with Crippen LogP contribution in [0.5, 0.6) is 0 Å². The Morgan fingerprint density at radius 2 is 1.80 bits per heavy atom. The van der Waals surface area contributed by atoms with E-state index >= 15 is 0 Å². The van der Waals surface area contributed by atoms with Crippen LogP contribution in [0.2, 0.25) is 0 Å². The predicted molar refractivity (Wildman–Crippen MR) is 27.3 cm³/mol. The van der Waals surface area contributed by atoms with Crippen molar-refractivity contribution in [1.29, 1.82) is 0 Å². The first-order valence-electron chi connectivity index (χ1n) is 2.50. The number of carbonyl (C=O) groups excluding carboxylic acids is 1. The summed E-state index contributed by atoms with van der Waals surface area (Å²) in [6, 6.07) is 0. The minimum atomic E-state index is -1.50. The Morgan fingerprint density at radius 3 is 1.80 bits per heavy atom. The molecule has 4 nitrogen and oxygen atoms in total. The van der Waals surface area contributed by atoms with Gasteiger partial charge in [0.05, 0.1) is 24.6 Å². The molecule has 0 spiro atoms. The molecule has 0 aliphatic heterocycles. The Hall–Kier alpha value is 1.44. The first-order chi connectivity index (χ1) is 4.06. The first-order valence-corrected chi connectivity index (χ1v) is 2.50. The van der Waals surface area contributed by atoms with Gasteiger partial charge in [-0.3, -0.25) is 0 Å². The zero-order chi connectivity index (χ0) is 7.49. The minimum Gasteiger partial charge on any atom is -0.549 e. The molecule has 0 aromatic rings. The Kier molecular flexibility index (Phi) is 8.42. The van der Waals surface area contributed by atoms with Crippen LogP contribution in [0.4, 0.5) is 0 Å². The average Bonchev–Trinajstić information content (AvgIpc) is 1.86. The van der Waals surface area contributed by atoms with E-state index < -0.39 is 24.6 Å².